The topological polar surface area (TPSA) is 56.8 Å². The maximum atomic E-state index is 13.5. The molecular formula is C26H28N4O2S2. The van der Waals surface area contributed by atoms with Gasteiger partial charge in [-0.3, -0.25) is 9.88 Å². The van der Waals surface area contributed by atoms with Crippen molar-refractivity contribution in [3.8, 4) is 0 Å². The molecule has 2 aromatic carbocycles. The number of fused-ring (bicyclic) bond motifs is 2. The highest BCUT2D eigenvalue weighted by Gasteiger charge is 2.39. The van der Waals surface area contributed by atoms with E-state index in [2.05, 4.69) is 44.4 Å². The Labute approximate surface area is 204 Å². The molecule has 0 amide bonds. The molecule has 0 spiro atoms. The van der Waals surface area contributed by atoms with E-state index in [1.807, 2.05) is 12.1 Å². The summed E-state index contributed by atoms with van der Waals surface area (Å²) in [5, 5.41) is 4.21. The summed E-state index contributed by atoms with van der Waals surface area (Å²) in [6, 6.07) is 17.9. The molecule has 0 N–H and O–H groups in total. The van der Waals surface area contributed by atoms with Crippen molar-refractivity contribution < 1.29 is 8.42 Å². The molecular weight excluding hydrogens is 464 g/mol. The standard InChI is InChI=1S/C26H28N4O2S2/c31-34(32,26-8-1-5-23-21(26)4-3-12-27-23)30-14-10-20(30)9-13-28-15-17-29(18-16-28)24-6-2-7-25-22(24)11-19-33-25/h1-8,11-12,19-20H,9-10,13-18H2/t20-/m0/s1. The Balaban J connectivity index is 1.08. The number of thiophene rings is 1. The van der Waals surface area contributed by atoms with E-state index >= 15 is 0 Å². The van der Waals surface area contributed by atoms with Crippen molar-refractivity contribution in [2.24, 2.45) is 0 Å². The highest BCUT2D eigenvalue weighted by Crippen LogP contribution is 2.33. The smallest absolute Gasteiger partial charge is 0.243 e. The summed E-state index contributed by atoms with van der Waals surface area (Å²) in [6.07, 6.45) is 3.51. The second-order valence-corrected chi connectivity index (χ2v) is 11.9. The number of benzene rings is 2. The fourth-order valence-corrected chi connectivity index (χ4v) is 7.96. The lowest BCUT2D eigenvalue weighted by Crippen LogP contribution is -2.53. The molecule has 0 bridgehead atoms. The minimum atomic E-state index is -3.52. The van der Waals surface area contributed by atoms with Crippen LogP contribution >= 0.6 is 11.3 Å². The number of rotatable bonds is 6. The lowest BCUT2D eigenvalue weighted by Gasteiger charge is -2.42. The Bertz CT molecular complexity index is 1420. The first-order chi connectivity index (χ1) is 16.6. The van der Waals surface area contributed by atoms with Gasteiger partial charge < -0.3 is 4.90 Å². The molecule has 1 atom stereocenters. The van der Waals surface area contributed by atoms with Crippen LogP contribution in [0.3, 0.4) is 0 Å². The number of sulfonamides is 1. The van der Waals surface area contributed by atoms with Gasteiger partial charge in [-0.2, -0.15) is 4.31 Å². The van der Waals surface area contributed by atoms with Gasteiger partial charge in [-0.05, 0) is 67.2 Å². The van der Waals surface area contributed by atoms with Crippen molar-refractivity contribution in [2.75, 3.05) is 44.2 Å². The minimum absolute atomic E-state index is 0.0783. The fraction of sp³-hybridized carbons (Fsp3) is 0.346. The van der Waals surface area contributed by atoms with Gasteiger partial charge in [0.1, 0.15) is 0 Å². The number of hydrogen-bond acceptors (Lipinski definition) is 6. The van der Waals surface area contributed by atoms with E-state index in [0.29, 0.717) is 16.8 Å². The van der Waals surface area contributed by atoms with Crippen molar-refractivity contribution in [3.05, 3.63) is 66.2 Å². The molecule has 6 rings (SSSR count). The normalized spacial score (nSPS) is 20.1. The van der Waals surface area contributed by atoms with Gasteiger partial charge in [-0.25, -0.2) is 8.42 Å². The van der Waals surface area contributed by atoms with Crippen LogP contribution in [0.4, 0.5) is 5.69 Å². The van der Waals surface area contributed by atoms with Crippen molar-refractivity contribution in [1.29, 1.82) is 0 Å². The Morgan fingerprint density at radius 1 is 0.912 bits per heavy atom. The first-order valence-electron chi connectivity index (χ1n) is 11.9. The zero-order chi connectivity index (χ0) is 23.1. The molecule has 4 aromatic rings. The number of aromatic nitrogens is 1. The average Bonchev–Trinajstić information content (AvgIpc) is 3.32. The van der Waals surface area contributed by atoms with Gasteiger partial charge >= 0.3 is 0 Å². The van der Waals surface area contributed by atoms with Gasteiger partial charge in [-0.15, -0.1) is 11.3 Å². The lowest BCUT2D eigenvalue weighted by molar-refractivity contribution is 0.157. The van der Waals surface area contributed by atoms with Crippen molar-refractivity contribution in [1.82, 2.24) is 14.2 Å². The number of hydrogen-bond donors (Lipinski definition) is 0. The van der Waals surface area contributed by atoms with Crippen LogP contribution in [0.15, 0.2) is 71.1 Å². The Morgan fingerprint density at radius 2 is 1.76 bits per heavy atom. The summed E-state index contributed by atoms with van der Waals surface area (Å²) in [7, 11) is -3.52. The van der Waals surface area contributed by atoms with E-state index in [9.17, 15) is 8.42 Å². The largest absolute Gasteiger partial charge is 0.368 e. The van der Waals surface area contributed by atoms with E-state index in [4.69, 9.17) is 0 Å². The predicted octanol–water partition coefficient (Wildman–Crippen LogP) is 4.42. The van der Waals surface area contributed by atoms with Gasteiger partial charge in [0.15, 0.2) is 0 Å². The molecule has 0 unspecified atom stereocenters. The number of anilines is 1. The highest BCUT2D eigenvalue weighted by atomic mass is 32.2. The molecule has 0 aliphatic carbocycles. The third-order valence-electron chi connectivity index (χ3n) is 7.25. The summed E-state index contributed by atoms with van der Waals surface area (Å²) in [4.78, 5) is 9.67. The van der Waals surface area contributed by atoms with Gasteiger partial charge in [0.05, 0.1) is 10.4 Å². The highest BCUT2D eigenvalue weighted by molar-refractivity contribution is 7.89. The van der Waals surface area contributed by atoms with Crippen LogP contribution in [0.1, 0.15) is 12.8 Å². The molecule has 0 radical (unpaired) electrons. The predicted molar refractivity (Wildman–Crippen MR) is 139 cm³/mol. The first kappa shape index (κ1) is 22.0. The molecule has 2 fully saturated rings. The van der Waals surface area contributed by atoms with Crippen molar-refractivity contribution in [3.63, 3.8) is 0 Å². The molecule has 6 nitrogen and oxygen atoms in total. The summed E-state index contributed by atoms with van der Waals surface area (Å²) in [5.74, 6) is 0. The van der Waals surface area contributed by atoms with Crippen LogP contribution in [0, 0.1) is 0 Å². The molecule has 2 aromatic heterocycles. The molecule has 2 aliphatic heterocycles. The third kappa shape index (κ3) is 3.88. The third-order valence-corrected chi connectivity index (χ3v) is 10.1. The van der Waals surface area contributed by atoms with E-state index in [-0.39, 0.29) is 6.04 Å². The van der Waals surface area contributed by atoms with Crippen molar-refractivity contribution >= 4 is 48.0 Å². The fourth-order valence-electron chi connectivity index (χ4n) is 5.25. The molecule has 2 saturated heterocycles. The van der Waals surface area contributed by atoms with E-state index < -0.39 is 10.0 Å². The number of nitrogens with zero attached hydrogens (tertiary/aromatic N) is 4. The van der Waals surface area contributed by atoms with Crippen LogP contribution in [0.5, 0.6) is 0 Å². The van der Waals surface area contributed by atoms with Gasteiger partial charge in [0.25, 0.3) is 0 Å². The van der Waals surface area contributed by atoms with Crippen molar-refractivity contribution in [2.45, 2.75) is 23.8 Å². The second kappa shape index (κ2) is 8.92. The molecule has 0 saturated carbocycles. The maximum Gasteiger partial charge on any atom is 0.243 e. The molecule has 176 valence electrons. The molecule has 4 heterocycles. The van der Waals surface area contributed by atoms with E-state index in [1.54, 1.807) is 40.0 Å². The quantitative estimate of drug-likeness (QED) is 0.399. The van der Waals surface area contributed by atoms with Gasteiger partial charge in [0, 0.05) is 66.1 Å². The zero-order valence-corrected chi connectivity index (χ0v) is 20.6. The summed E-state index contributed by atoms with van der Waals surface area (Å²) < 4.78 is 29.9. The van der Waals surface area contributed by atoms with Crippen LogP contribution in [-0.2, 0) is 10.0 Å². The van der Waals surface area contributed by atoms with Crippen LogP contribution in [0.25, 0.3) is 21.0 Å². The van der Waals surface area contributed by atoms with Gasteiger partial charge in [0.2, 0.25) is 10.0 Å². The number of pyridine rings is 1. The zero-order valence-electron chi connectivity index (χ0n) is 19.0. The van der Waals surface area contributed by atoms with E-state index in [0.717, 1.165) is 51.1 Å². The summed E-state index contributed by atoms with van der Waals surface area (Å²) in [5.41, 5.74) is 2.05. The Hall–Kier alpha value is -2.52. The SMILES string of the molecule is O=S(=O)(c1cccc2ncccc12)N1CC[C@@H]1CCN1CCN(c2cccc3sccc23)CC1. The summed E-state index contributed by atoms with van der Waals surface area (Å²) >= 11 is 1.79. The Kier molecular flexibility index (Phi) is 5.77. The Morgan fingerprint density at radius 3 is 2.59 bits per heavy atom. The van der Waals surface area contributed by atoms with Crippen LogP contribution in [-0.4, -0.2) is 67.9 Å². The van der Waals surface area contributed by atoms with Crippen LogP contribution < -0.4 is 4.90 Å². The van der Waals surface area contributed by atoms with Gasteiger partial charge in [-0.1, -0.05) is 12.1 Å². The number of piperazine rings is 1. The maximum absolute atomic E-state index is 13.5. The monoisotopic (exact) mass is 492 g/mol. The second-order valence-electron chi connectivity index (χ2n) is 9.11. The van der Waals surface area contributed by atoms with E-state index in [1.165, 1.54) is 15.8 Å². The summed E-state index contributed by atoms with van der Waals surface area (Å²) in [6.45, 7) is 5.56. The average molecular weight is 493 g/mol. The molecule has 8 heteroatoms. The first-order valence-corrected chi connectivity index (χ1v) is 14.2. The minimum Gasteiger partial charge on any atom is -0.368 e. The lowest BCUT2D eigenvalue weighted by atomic mass is 10.0. The van der Waals surface area contributed by atoms with Crippen LogP contribution in [0.2, 0.25) is 0 Å². The molecule has 34 heavy (non-hydrogen) atoms. The molecule has 2 aliphatic rings.